The number of likely N-dealkylation sites (tertiary alicyclic amines) is 1. The van der Waals surface area contributed by atoms with Gasteiger partial charge in [-0.1, -0.05) is 15.9 Å². The highest BCUT2D eigenvalue weighted by Gasteiger charge is 2.36. The summed E-state index contributed by atoms with van der Waals surface area (Å²) >= 11 is 6.71. The third-order valence-corrected chi connectivity index (χ3v) is 7.65. The van der Waals surface area contributed by atoms with E-state index in [1.807, 2.05) is 6.07 Å². The molecular formula is C14H18Br2N2O2S. The molecule has 0 radical (unpaired) electrons. The summed E-state index contributed by atoms with van der Waals surface area (Å²) in [5.41, 5.74) is 0. The van der Waals surface area contributed by atoms with E-state index < -0.39 is 10.0 Å². The lowest BCUT2D eigenvalue weighted by Crippen LogP contribution is -2.37. The molecule has 0 saturated carbocycles. The molecule has 2 aliphatic heterocycles. The average Bonchev–Trinajstić information content (AvgIpc) is 3.11. The summed E-state index contributed by atoms with van der Waals surface area (Å²) in [6.45, 7) is 3.45. The van der Waals surface area contributed by atoms with Gasteiger partial charge >= 0.3 is 0 Å². The lowest BCUT2D eigenvalue weighted by atomic mass is 10.2. The number of rotatable bonds is 3. The molecule has 2 heterocycles. The number of sulfonamides is 1. The molecule has 2 saturated heterocycles. The number of halogens is 2. The molecule has 0 N–H and O–H groups in total. The Labute approximate surface area is 142 Å². The van der Waals surface area contributed by atoms with Gasteiger partial charge in [-0.15, -0.1) is 0 Å². The van der Waals surface area contributed by atoms with Crippen LogP contribution in [0.5, 0.6) is 0 Å². The molecule has 2 fully saturated rings. The van der Waals surface area contributed by atoms with Crippen LogP contribution in [0.15, 0.2) is 32.0 Å². The zero-order valence-electron chi connectivity index (χ0n) is 11.6. The van der Waals surface area contributed by atoms with Crippen molar-refractivity contribution in [1.82, 2.24) is 9.21 Å². The smallest absolute Gasteiger partial charge is 0.244 e. The molecule has 1 aromatic rings. The van der Waals surface area contributed by atoms with Crippen LogP contribution in [0, 0.1) is 0 Å². The van der Waals surface area contributed by atoms with Crippen LogP contribution in [0.4, 0.5) is 0 Å². The maximum atomic E-state index is 12.8. The predicted molar refractivity (Wildman–Crippen MR) is 89.8 cm³/mol. The van der Waals surface area contributed by atoms with Gasteiger partial charge in [-0.2, -0.15) is 4.31 Å². The molecule has 2 aliphatic rings. The summed E-state index contributed by atoms with van der Waals surface area (Å²) in [6.07, 6.45) is 3.41. The van der Waals surface area contributed by atoms with Gasteiger partial charge in [0.2, 0.25) is 10.0 Å². The molecular weight excluding hydrogens is 420 g/mol. The Kier molecular flexibility index (Phi) is 4.76. The first-order valence-electron chi connectivity index (χ1n) is 7.18. The summed E-state index contributed by atoms with van der Waals surface area (Å²) in [6, 6.07) is 5.65. The Morgan fingerprint density at radius 1 is 1.10 bits per heavy atom. The van der Waals surface area contributed by atoms with E-state index in [4.69, 9.17) is 0 Å². The standard InChI is InChI=1S/C14H18Br2N2O2S/c15-11-3-4-13(16)14(9-11)21(19,20)18-8-5-12(10-18)17-6-1-2-7-17/h3-4,9,12H,1-2,5-8,10H2. The van der Waals surface area contributed by atoms with Gasteiger partial charge in [0, 0.05) is 28.1 Å². The lowest BCUT2D eigenvalue weighted by Gasteiger charge is -2.23. The third-order valence-electron chi connectivity index (χ3n) is 4.29. The molecule has 0 spiro atoms. The molecule has 116 valence electrons. The van der Waals surface area contributed by atoms with E-state index in [0.717, 1.165) is 24.0 Å². The van der Waals surface area contributed by atoms with Gasteiger partial charge in [-0.25, -0.2) is 8.42 Å². The highest BCUT2D eigenvalue weighted by molar-refractivity contribution is 9.11. The van der Waals surface area contributed by atoms with E-state index in [2.05, 4.69) is 36.8 Å². The highest BCUT2D eigenvalue weighted by atomic mass is 79.9. The van der Waals surface area contributed by atoms with Crippen molar-refractivity contribution in [3.8, 4) is 0 Å². The lowest BCUT2D eigenvalue weighted by molar-refractivity contribution is 0.251. The topological polar surface area (TPSA) is 40.6 Å². The SMILES string of the molecule is O=S(=O)(c1cc(Br)ccc1Br)N1CCC(N2CCCC2)C1. The summed E-state index contributed by atoms with van der Waals surface area (Å²) in [5, 5.41) is 0. The predicted octanol–water partition coefficient (Wildman–Crippen LogP) is 3.07. The second kappa shape index (κ2) is 6.28. The first kappa shape index (κ1) is 15.9. The van der Waals surface area contributed by atoms with Crippen molar-refractivity contribution in [3.63, 3.8) is 0 Å². The van der Waals surface area contributed by atoms with Crippen molar-refractivity contribution in [2.75, 3.05) is 26.2 Å². The quantitative estimate of drug-likeness (QED) is 0.729. The number of hydrogen-bond donors (Lipinski definition) is 0. The number of nitrogens with zero attached hydrogens (tertiary/aromatic N) is 2. The van der Waals surface area contributed by atoms with Gasteiger partial charge in [0.1, 0.15) is 0 Å². The van der Waals surface area contributed by atoms with Crippen LogP contribution >= 0.6 is 31.9 Å². The maximum absolute atomic E-state index is 12.8. The molecule has 1 aromatic carbocycles. The van der Waals surface area contributed by atoms with Crippen LogP contribution in [-0.4, -0.2) is 49.8 Å². The molecule has 4 nitrogen and oxygen atoms in total. The fourth-order valence-electron chi connectivity index (χ4n) is 3.15. The molecule has 3 rings (SSSR count). The van der Waals surface area contributed by atoms with Gasteiger partial charge < -0.3 is 0 Å². The molecule has 1 atom stereocenters. The fourth-order valence-corrected chi connectivity index (χ4v) is 6.10. The van der Waals surface area contributed by atoms with Crippen LogP contribution < -0.4 is 0 Å². The largest absolute Gasteiger partial charge is 0.299 e. The van der Waals surface area contributed by atoms with Crippen LogP contribution in [0.2, 0.25) is 0 Å². The Hall–Kier alpha value is 0.0500. The van der Waals surface area contributed by atoms with E-state index in [0.29, 0.717) is 28.5 Å². The van der Waals surface area contributed by atoms with E-state index in [1.165, 1.54) is 12.8 Å². The van der Waals surface area contributed by atoms with E-state index in [9.17, 15) is 8.42 Å². The average molecular weight is 438 g/mol. The van der Waals surface area contributed by atoms with Crippen LogP contribution in [0.1, 0.15) is 19.3 Å². The molecule has 7 heteroatoms. The van der Waals surface area contributed by atoms with Crippen molar-refractivity contribution < 1.29 is 8.42 Å². The second-order valence-corrected chi connectivity index (χ2v) is 9.30. The third kappa shape index (κ3) is 3.22. The highest BCUT2D eigenvalue weighted by Crippen LogP contribution is 2.31. The van der Waals surface area contributed by atoms with Crippen molar-refractivity contribution in [1.29, 1.82) is 0 Å². The zero-order valence-corrected chi connectivity index (χ0v) is 15.6. The number of hydrogen-bond acceptors (Lipinski definition) is 3. The minimum atomic E-state index is -3.42. The Morgan fingerprint density at radius 3 is 2.52 bits per heavy atom. The minimum absolute atomic E-state index is 0.346. The van der Waals surface area contributed by atoms with Gasteiger partial charge in [-0.05, 0) is 66.5 Å². The van der Waals surface area contributed by atoms with Crippen LogP contribution in [0.3, 0.4) is 0 Å². The first-order valence-corrected chi connectivity index (χ1v) is 10.2. The molecule has 0 aromatic heterocycles. The molecule has 21 heavy (non-hydrogen) atoms. The fraction of sp³-hybridized carbons (Fsp3) is 0.571. The van der Waals surface area contributed by atoms with Crippen LogP contribution in [-0.2, 0) is 10.0 Å². The summed E-state index contributed by atoms with van der Waals surface area (Å²) in [4.78, 5) is 2.78. The molecule has 0 bridgehead atoms. The van der Waals surface area contributed by atoms with Crippen molar-refractivity contribution in [2.24, 2.45) is 0 Å². The van der Waals surface area contributed by atoms with Crippen LogP contribution in [0.25, 0.3) is 0 Å². The normalized spacial score (nSPS) is 24.8. The minimum Gasteiger partial charge on any atom is -0.299 e. The molecule has 1 unspecified atom stereocenters. The van der Waals surface area contributed by atoms with Crippen molar-refractivity contribution in [2.45, 2.75) is 30.2 Å². The Balaban J connectivity index is 1.81. The summed E-state index contributed by atoms with van der Waals surface area (Å²) < 4.78 is 28.7. The molecule has 0 aliphatic carbocycles. The van der Waals surface area contributed by atoms with E-state index >= 15 is 0 Å². The van der Waals surface area contributed by atoms with Gasteiger partial charge in [0.05, 0.1) is 4.90 Å². The van der Waals surface area contributed by atoms with E-state index in [-0.39, 0.29) is 0 Å². The second-order valence-electron chi connectivity index (χ2n) is 5.62. The Morgan fingerprint density at radius 2 is 1.81 bits per heavy atom. The first-order chi connectivity index (χ1) is 9.98. The van der Waals surface area contributed by atoms with Crippen molar-refractivity contribution >= 4 is 41.9 Å². The monoisotopic (exact) mass is 436 g/mol. The maximum Gasteiger partial charge on any atom is 0.244 e. The van der Waals surface area contributed by atoms with Gasteiger partial charge in [-0.3, -0.25) is 4.90 Å². The van der Waals surface area contributed by atoms with Gasteiger partial charge in [0.25, 0.3) is 0 Å². The summed E-state index contributed by atoms with van der Waals surface area (Å²) in [7, 11) is -3.42. The van der Waals surface area contributed by atoms with E-state index in [1.54, 1.807) is 16.4 Å². The van der Waals surface area contributed by atoms with Gasteiger partial charge in [0.15, 0.2) is 0 Å². The Bertz CT molecular complexity index is 630. The summed E-state index contributed by atoms with van der Waals surface area (Å²) in [5.74, 6) is 0. The van der Waals surface area contributed by atoms with Crippen molar-refractivity contribution in [3.05, 3.63) is 27.1 Å². The number of benzene rings is 1. The molecule has 0 amide bonds. The zero-order chi connectivity index (χ0) is 15.0.